The van der Waals surface area contributed by atoms with Crippen LogP contribution in [0.4, 0.5) is 10.1 Å². The molecule has 0 saturated heterocycles. The second-order valence-electron chi connectivity index (χ2n) is 4.69. The normalized spacial score (nSPS) is 10.7. The van der Waals surface area contributed by atoms with Gasteiger partial charge in [-0.3, -0.25) is 4.79 Å². The molecule has 0 spiro atoms. The van der Waals surface area contributed by atoms with Crippen LogP contribution in [-0.2, 0) is 4.79 Å². The average Bonchev–Trinajstić information content (AvgIpc) is 2.49. The molecule has 1 amide bonds. The van der Waals surface area contributed by atoms with Gasteiger partial charge in [-0.25, -0.2) is 4.39 Å². The van der Waals surface area contributed by atoms with E-state index in [9.17, 15) is 9.18 Å². The highest BCUT2D eigenvalue weighted by atomic mass is 35.5. The van der Waals surface area contributed by atoms with Crippen LogP contribution in [0.15, 0.2) is 42.5 Å². The second-order valence-corrected chi connectivity index (χ2v) is 5.13. The molecular formula is C17H15ClFNO2. The molecule has 0 radical (unpaired) electrons. The van der Waals surface area contributed by atoms with Crippen molar-refractivity contribution in [1.82, 2.24) is 0 Å². The summed E-state index contributed by atoms with van der Waals surface area (Å²) in [4.78, 5) is 11.9. The van der Waals surface area contributed by atoms with Crippen LogP contribution in [0.2, 0.25) is 5.02 Å². The number of amides is 1. The topological polar surface area (TPSA) is 38.3 Å². The molecule has 1 N–H and O–H groups in total. The number of carbonyl (C=O) groups is 1. The van der Waals surface area contributed by atoms with Crippen molar-refractivity contribution in [3.63, 3.8) is 0 Å². The van der Waals surface area contributed by atoms with Crippen molar-refractivity contribution in [3.05, 3.63) is 64.4 Å². The maximum atomic E-state index is 13.5. The van der Waals surface area contributed by atoms with E-state index in [2.05, 4.69) is 5.32 Å². The third kappa shape index (κ3) is 4.09. The number of anilines is 1. The first-order valence-electron chi connectivity index (χ1n) is 6.58. The smallest absolute Gasteiger partial charge is 0.248 e. The third-order valence-electron chi connectivity index (χ3n) is 2.99. The molecule has 3 nitrogen and oxygen atoms in total. The lowest BCUT2D eigenvalue weighted by atomic mass is 10.1. The van der Waals surface area contributed by atoms with Gasteiger partial charge in [0.2, 0.25) is 5.91 Å². The lowest BCUT2D eigenvalue weighted by molar-refractivity contribution is -0.111. The maximum Gasteiger partial charge on any atom is 0.248 e. The Morgan fingerprint density at radius 2 is 2.05 bits per heavy atom. The van der Waals surface area contributed by atoms with E-state index in [0.717, 1.165) is 11.1 Å². The largest absolute Gasteiger partial charge is 0.496 e. The van der Waals surface area contributed by atoms with Crippen molar-refractivity contribution in [3.8, 4) is 5.75 Å². The number of benzene rings is 2. The minimum Gasteiger partial charge on any atom is -0.496 e. The average molecular weight is 320 g/mol. The van der Waals surface area contributed by atoms with Gasteiger partial charge in [-0.2, -0.15) is 0 Å². The quantitative estimate of drug-likeness (QED) is 0.846. The third-order valence-corrected chi connectivity index (χ3v) is 3.22. The minimum absolute atomic E-state index is 0.0401. The van der Waals surface area contributed by atoms with Crippen LogP contribution in [0, 0.1) is 12.7 Å². The van der Waals surface area contributed by atoms with Crippen LogP contribution >= 0.6 is 11.6 Å². The number of carbonyl (C=O) groups excluding carboxylic acids is 1. The highest BCUT2D eigenvalue weighted by Crippen LogP contribution is 2.22. The first kappa shape index (κ1) is 16.0. The Labute approximate surface area is 133 Å². The molecule has 0 atom stereocenters. The van der Waals surface area contributed by atoms with Gasteiger partial charge in [-0.1, -0.05) is 23.2 Å². The Kier molecular flexibility index (Phi) is 5.17. The molecule has 0 unspecified atom stereocenters. The molecule has 0 fully saturated rings. The number of nitrogens with one attached hydrogen (secondary N) is 1. The number of hydrogen-bond donors (Lipinski definition) is 1. The van der Waals surface area contributed by atoms with Gasteiger partial charge in [-0.15, -0.1) is 0 Å². The van der Waals surface area contributed by atoms with Crippen LogP contribution in [0.5, 0.6) is 5.75 Å². The Morgan fingerprint density at radius 3 is 2.77 bits per heavy atom. The van der Waals surface area contributed by atoms with Gasteiger partial charge in [0.05, 0.1) is 12.8 Å². The summed E-state index contributed by atoms with van der Waals surface area (Å²) in [5.41, 5.74) is 1.85. The van der Waals surface area contributed by atoms with Gasteiger partial charge in [0, 0.05) is 16.7 Å². The van der Waals surface area contributed by atoms with Crippen molar-refractivity contribution >= 4 is 29.3 Å². The first-order valence-corrected chi connectivity index (χ1v) is 6.96. The first-order chi connectivity index (χ1) is 10.5. The summed E-state index contributed by atoms with van der Waals surface area (Å²) >= 11 is 5.78. The molecule has 2 aromatic carbocycles. The highest BCUT2D eigenvalue weighted by molar-refractivity contribution is 6.30. The fourth-order valence-corrected chi connectivity index (χ4v) is 2.09. The molecule has 0 aliphatic carbocycles. The predicted octanol–water partition coefficient (Wildman–Crippen LogP) is 4.45. The summed E-state index contributed by atoms with van der Waals surface area (Å²) in [6, 6.07) is 9.60. The van der Waals surface area contributed by atoms with E-state index in [1.165, 1.54) is 24.3 Å². The van der Waals surface area contributed by atoms with Crippen LogP contribution in [0.1, 0.15) is 11.1 Å². The molecule has 0 aliphatic rings. The highest BCUT2D eigenvalue weighted by Gasteiger charge is 2.06. The number of aryl methyl sites for hydroxylation is 1. The zero-order valence-electron chi connectivity index (χ0n) is 12.2. The second kappa shape index (κ2) is 7.09. The number of ether oxygens (including phenoxy) is 1. The van der Waals surface area contributed by atoms with E-state index in [1.54, 1.807) is 13.2 Å². The van der Waals surface area contributed by atoms with E-state index >= 15 is 0 Å². The van der Waals surface area contributed by atoms with Gasteiger partial charge in [0.25, 0.3) is 0 Å². The van der Waals surface area contributed by atoms with Crippen LogP contribution in [0.25, 0.3) is 6.08 Å². The van der Waals surface area contributed by atoms with Crippen molar-refractivity contribution in [2.75, 3.05) is 12.4 Å². The molecule has 5 heteroatoms. The van der Waals surface area contributed by atoms with Gasteiger partial charge in [0.15, 0.2) is 0 Å². The lowest BCUT2D eigenvalue weighted by Crippen LogP contribution is -2.09. The van der Waals surface area contributed by atoms with Gasteiger partial charge >= 0.3 is 0 Å². The Balaban J connectivity index is 2.15. The monoisotopic (exact) mass is 319 g/mol. The molecule has 0 aliphatic heterocycles. The number of rotatable bonds is 4. The number of hydrogen-bond acceptors (Lipinski definition) is 2. The van der Waals surface area contributed by atoms with Gasteiger partial charge in [-0.05, 0) is 43.3 Å². The van der Waals surface area contributed by atoms with Crippen LogP contribution < -0.4 is 10.1 Å². The fraction of sp³-hybridized carbons (Fsp3) is 0.118. The van der Waals surface area contributed by atoms with Crippen molar-refractivity contribution < 1.29 is 13.9 Å². The van der Waals surface area contributed by atoms with E-state index in [-0.39, 0.29) is 5.69 Å². The summed E-state index contributed by atoms with van der Waals surface area (Å²) in [6.45, 7) is 1.94. The fourth-order valence-electron chi connectivity index (χ4n) is 1.92. The van der Waals surface area contributed by atoms with Crippen LogP contribution in [0.3, 0.4) is 0 Å². The Hall–Kier alpha value is -2.33. The van der Waals surface area contributed by atoms with Gasteiger partial charge in [0.1, 0.15) is 11.6 Å². The van der Waals surface area contributed by atoms with E-state index in [0.29, 0.717) is 10.8 Å². The maximum absolute atomic E-state index is 13.5. The van der Waals surface area contributed by atoms with Crippen LogP contribution in [-0.4, -0.2) is 13.0 Å². The van der Waals surface area contributed by atoms with Gasteiger partial charge < -0.3 is 10.1 Å². The zero-order valence-corrected chi connectivity index (χ0v) is 12.9. The van der Waals surface area contributed by atoms with E-state index in [4.69, 9.17) is 16.3 Å². The summed E-state index contributed by atoms with van der Waals surface area (Å²) in [7, 11) is 1.56. The number of halogens is 2. The molecule has 114 valence electrons. The summed E-state index contributed by atoms with van der Waals surface area (Å²) in [6.07, 6.45) is 2.93. The summed E-state index contributed by atoms with van der Waals surface area (Å²) < 4.78 is 18.8. The summed E-state index contributed by atoms with van der Waals surface area (Å²) in [5, 5.41) is 2.80. The Morgan fingerprint density at radius 1 is 1.27 bits per heavy atom. The zero-order chi connectivity index (χ0) is 16.1. The summed E-state index contributed by atoms with van der Waals surface area (Å²) in [5.74, 6) is -0.340. The number of methoxy groups -OCH3 is 1. The molecule has 2 aromatic rings. The van der Waals surface area contributed by atoms with E-state index < -0.39 is 11.7 Å². The van der Waals surface area contributed by atoms with Crippen molar-refractivity contribution in [2.45, 2.75) is 6.92 Å². The SMILES string of the molecule is COc1ccc(C)cc1/C=C/C(=O)Nc1cc(Cl)ccc1F. The lowest BCUT2D eigenvalue weighted by Gasteiger charge is -2.06. The minimum atomic E-state index is -0.542. The molecule has 0 heterocycles. The standard InChI is InChI=1S/C17H15ClFNO2/c1-11-3-7-16(22-2)12(9-11)4-8-17(21)20-15-10-13(18)5-6-14(15)19/h3-10H,1-2H3,(H,20,21)/b8-4+. The molecule has 0 saturated carbocycles. The molecule has 2 rings (SSSR count). The molecule has 0 bridgehead atoms. The molecular weight excluding hydrogens is 305 g/mol. The predicted molar refractivity (Wildman–Crippen MR) is 86.8 cm³/mol. The van der Waals surface area contributed by atoms with Crippen molar-refractivity contribution in [1.29, 1.82) is 0 Å². The van der Waals surface area contributed by atoms with Crippen molar-refractivity contribution in [2.24, 2.45) is 0 Å². The van der Waals surface area contributed by atoms with E-state index in [1.807, 2.05) is 25.1 Å². The molecule has 0 aromatic heterocycles. The Bertz CT molecular complexity index is 729. The molecule has 22 heavy (non-hydrogen) atoms.